The van der Waals surface area contributed by atoms with Gasteiger partial charge in [0.2, 0.25) is 0 Å². The van der Waals surface area contributed by atoms with Crippen molar-refractivity contribution in [2.75, 3.05) is 0 Å². The Labute approximate surface area is 60.6 Å². The smallest absolute Gasteiger partial charge is 0.381 e. The highest BCUT2D eigenvalue weighted by atomic mass is 32.2. The van der Waals surface area contributed by atoms with Crippen LogP contribution in [0.4, 0.5) is 13.2 Å². The van der Waals surface area contributed by atoms with Gasteiger partial charge in [0.1, 0.15) is 5.76 Å². The van der Waals surface area contributed by atoms with Gasteiger partial charge in [0, 0.05) is 6.42 Å². The molecule has 0 saturated carbocycles. The number of rotatable bonds is 2. The normalized spacial score (nSPS) is 17.5. The lowest BCUT2D eigenvalue weighted by Gasteiger charge is -2.05. The maximum absolute atomic E-state index is 11.5. The second kappa shape index (κ2) is 2.13. The molecule has 1 aliphatic carbocycles. The molecule has 11 heavy (non-hydrogen) atoms. The van der Waals surface area contributed by atoms with Gasteiger partial charge in [0.15, 0.2) is 0 Å². The molecule has 0 heterocycles. The summed E-state index contributed by atoms with van der Waals surface area (Å²) in [5, 5.41) is 0. The van der Waals surface area contributed by atoms with Crippen LogP contribution < -0.4 is 0 Å². The van der Waals surface area contributed by atoms with Crippen molar-refractivity contribution in [3.63, 3.8) is 0 Å². The summed E-state index contributed by atoms with van der Waals surface area (Å²) < 4.78 is 58.3. The molecule has 0 fully saturated rings. The summed E-state index contributed by atoms with van der Waals surface area (Å²) in [6.45, 7) is 0. The highest BCUT2D eigenvalue weighted by molar-refractivity contribution is 7.87. The highest BCUT2D eigenvalue weighted by Crippen LogP contribution is 2.31. The number of hydrogen-bond donors (Lipinski definition) is 0. The zero-order chi connectivity index (χ0) is 8.70. The van der Waals surface area contributed by atoms with Crippen molar-refractivity contribution in [2.24, 2.45) is 0 Å². The predicted molar refractivity (Wildman–Crippen MR) is 28.8 cm³/mol. The molecular formula is C4H3F3O3S. The van der Waals surface area contributed by atoms with Crippen LogP contribution in [0.3, 0.4) is 0 Å². The lowest BCUT2D eigenvalue weighted by Crippen LogP contribution is -2.24. The van der Waals surface area contributed by atoms with Gasteiger partial charge in [-0.3, -0.25) is 0 Å². The molecule has 1 aliphatic rings. The lowest BCUT2D eigenvalue weighted by molar-refractivity contribution is -0.0519. The first-order valence-electron chi connectivity index (χ1n) is 2.53. The van der Waals surface area contributed by atoms with Gasteiger partial charge in [-0.2, -0.15) is 21.6 Å². The molecule has 0 radical (unpaired) electrons. The summed E-state index contributed by atoms with van der Waals surface area (Å²) >= 11 is 0. The van der Waals surface area contributed by atoms with E-state index in [1.54, 1.807) is 0 Å². The van der Waals surface area contributed by atoms with E-state index in [9.17, 15) is 21.6 Å². The molecule has 0 aliphatic heterocycles. The predicted octanol–water partition coefficient (Wildman–Crippen LogP) is 1.14. The molecule has 0 N–H and O–H groups in total. The van der Waals surface area contributed by atoms with Gasteiger partial charge in [-0.05, 0) is 6.08 Å². The first-order chi connectivity index (χ1) is 4.83. The van der Waals surface area contributed by atoms with E-state index < -0.39 is 15.6 Å². The Morgan fingerprint density at radius 2 is 1.91 bits per heavy atom. The molecule has 3 nitrogen and oxygen atoms in total. The average Bonchev–Trinajstić information content (AvgIpc) is 2.45. The first-order valence-corrected chi connectivity index (χ1v) is 3.93. The standard InChI is InChI=1S/C4H3F3O3S/c5-4(6,7)11(8,9)10-3-1-2-3/h1H,2H2. The maximum Gasteiger partial charge on any atom is 0.534 e. The second-order valence-corrected chi connectivity index (χ2v) is 3.40. The molecule has 1 rings (SSSR count). The molecule has 0 atom stereocenters. The summed E-state index contributed by atoms with van der Waals surface area (Å²) in [6, 6.07) is 0. The third kappa shape index (κ3) is 1.86. The van der Waals surface area contributed by atoms with Gasteiger partial charge in [-0.1, -0.05) is 0 Å². The molecule has 0 aromatic heterocycles. The Morgan fingerprint density at radius 3 is 2.18 bits per heavy atom. The van der Waals surface area contributed by atoms with Crippen molar-refractivity contribution in [2.45, 2.75) is 11.9 Å². The molecule has 0 amide bonds. The van der Waals surface area contributed by atoms with Crippen LogP contribution in [0.2, 0.25) is 0 Å². The summed E-state index contributed by atoms with van der Waals surface area (Å²) in [6.07, 6.45) is 1.42. The van der Waals surface area contributed by atoms with Crippen LogP contribution in [-0.2, 0) is 14.3 Å². The van der Waals surface area contributed by atoms with Crippen LogP contribution in [0.1, 0.15) is 6.42 Å². The van der Waals surface area contributed by atoms with Crippen LogP contribution in [0.15, 0.2) is 11.8 Å². The van der Waals surface area contributed by atoms with Gasteiger partial charge in [0.05, 0.1) is 0 Å². The third-order valence-electron chi connectivity index (χ3n) is 0.871. The molecule has 0 spiro atoms. The van der Waals surface area contributed by atoms with Crippen LogP contribution in [-0.4, -0.2) is 13.9 Å². The molecule has 7 heteroatoms. The van der Waals surface area contributed by atoms with E-state index in [4.69, 9.17) is 0 Å². The van der Waals surface area contributed by atoms with Crippen LogP contribution >= 0.6 is 0 Å². The van der Waals surface area contributed by atoms with Crippen LogP contribution in [0.5, 0.6) is 0 Å². The van der Waals surface area contributed by atoms with E-state index in [0.717, 1.165) is 0 Å². The van der Waals surface area contributed by atoms with Crippen LogP contribution in [0.25, 0.3) is 0 Å². The second-order valence-electron chi connectivity index (χ2n) is 1.86. The summed E-state index contributed by atoms with van der Waals surface area (Å²) in [4.78, 5) is 0. The number of allylic oxidation sites excluding steroid dienone is 2. The van der Waals surface area contributed by atoms with Crippen molar-refractivity contribution in [3.8, 4) is 0 Å². The van der Waals surface area contributed by atoms with E-state index in [1.165, 1.54) is 6.08 Å². The molecule has 0 aromatic carbocycles. The third-order valence-corrected chi connectivity index (χ3v) is 1.87. The fourth-order valence-electron chi connectivity index (χ4n) is 0.298. The quantitative estimate of drug-likeness (QED) is 0.482. The van der Waals surface area contributed by atoms with E-state index in [0.29, 0.717) is 0 Å². The fourth-order valence-corrected chi connectivity index (χ4v) is 0.810. The van der Waals surface area contributed by atoms with Crippen molar-refractivity contribution >= 4 is 10.1 Å². The van der Waals surface area contributed by atoms with Crippen molar-refractivity contribution in [1.29, 1.82) is 0 Å². The Balaban J connectivity index is 2.74. The Morgan fingerprint density at radius 1 is 1.45 bits per heavy atom. The molecule has 0 unspecified atom stereocenters. The van der Waals surface area contributed by atoms with Crippen LogP contribution in [0, 0.1) is 0 Å². The summed E-state index contributed by atoms with van der Waals surface area (Å²) in [7, 11) is -5.40. The minimum Gasteiger partial charge on any atom is -0.381 e. The van der Waals surface area contributed by atoms with Crippen molar-refractivity contribution < 1.29 is 25.8 Å². The Kier molecular flexibility index (Phi) is 1.62. The fraction of sp³-hybridized carbons (Fsp3) is 0.500. The first kappa shape index (κ1) is 8.38. The summed E-state index contributed by atoms with van der Waals surface area (Å²) in [5.41, 5.74) is -5.32. The van der Waals surface area contributed by atoms with E-state index >= 15 is 0 Å². The minimum atomic E-state index is -5.40. The Bertz CT molecular complexity index is 286. The average molecular weight is 188 g/mol. The van der Waals surface area contributed by atoms with E-state index in [2.05, 4.69) is 4.18 Å². The lowest BCUT2D eigenvalue weighted by atomic mass is 10.9. The van der Waals surface area contributed by atoms with Gasteiger partial charge in [-0.15, -0.1) is 0 Å². The number of halogens is 3. The van der Waals surface area contributed by atoms with E-state index in [1.807, 2.05) is 0 Å². The maximum atomic E-state index is 11.5. The van der Waals surface area contributed by atoms with Crippen molar-refractivity contribution in [3.05, 3.63) is 11.8 Å². The van der Waals surface area contributed by atoms with Gasteiger partial charge in [0.25, 0.3) is 0 Å². The SMILES string of the molecule is O=S(=O)(OC1=CC1)C(F)(F)F. The van der Waals surface area contributed by atoms with Crippen molar-refractivity contribution in [1.82, 2.24) is 0 Å². The monoisotopic (exact) mass is 188 g/mol. The van der Waals surface area contributed by atoms with Gasteiger partial charge < -0.3 is 4.18 Å². The highest BCUT2D eigenvalue weighted by Gasteiger charge is 2.49. The summed E-state index contributed by atoms with van der Waals surface area (Å²) in [5.74, 6) is -0.151. The number of alkyl halides is 3. The zero-order valence-electron chi connectivity index (χ0n) is 5.05. The van der Waals surface area contributed by atoms with Gasteiger partial charge >= 0.3 is 15.6 Å². The molecular weight excluding hydrogens is 185 g/mol. The largest absolute Gasteiger partial charge is 0.534 e. The number of hydrogen-bond acceptors (Lipinski definition) is 3. The molecule has 0 bridgehead atoms. The van der Waals surface area contributed by atoms with E-state index in [-0.39, 0.29) is 12.2 Å². The minimum absolute atomic E-state index is 0.151. The molecule has 0 aromatic rings. The topological polar surface area (TPSA) is 43.4 Å². The Hall–Kier alpha value is -0.720. The van der Waals surface area contributed by atoms with Gasteiger partial charge in [-0.25, -0.2) is 0 Å². The molecule has 64 valence electrons. The zero-order valence-corrected chi connectivity index (χ0v) is 5.87. The molecule has 0 saturated heterocycles.